The summed E-state index contributed by atoms with van der Waals surface area (Å²) in [6, 6.07) is 7.59. The molecule has 1 aromatic rings. The summed E-state index contributed by atoms with van der Waals surface area (Å²) in [5.41, 5.74) is 1.30. The van der Waals surface area contributed by atoms with Gasteiger partial charge in [0.25, 0.3) is 5.91 Å². The number of nitrogens with zero attached hydrogens (tertiary/aromatic N) is 3. The minimum Gasteiger partial charge on any atom is -0.344 e. The third kappa shape index (κ3) is 4.24. The van der Waals surface area contributed by atoms with Crippen molar-refractivity contribution in [2.75, 3.05) is 31.5 Å². The second kappa shape index (κ2) is 8.72. The van der Waals surface area contributed by atoms with E-state index in [1.807, 2.05) is 18.2 Å². The van der Waals surface area contributed by atoms with Gasteiger partial charge < -0.3 is 15.5 Å². The van der Waals surface area contributed by atoms with Gasteiger partial charge in [-0.3, -0.25) is 24.3 Å². The molecule has 0 aliphatic carbocycles. The number of benzene rings is 1. The van der Waals surface area contributed by atoms with E-state index in [9.17, 15) is 19.2 Å². The minimum atomic E-state index is -0.968. The van der Waals surface area contributed by atoms with Gasteiger partial charge in [0.15, 0.2) is 0 Å². The summed E-state index contributed by atoms with van der Waals surface area (Å²) < 4.78 is 0. The van der Waals surface area contributed by atoms with Gasteiger partial charge in [0.2, 0.25) is 5.91 Å². The van der Waals surface area contributed by atoms with Crippen LogP contribution < -0.4 is 10.6 Å². The lowest BCUT2D eigenvalue weighted by atomic mass is 9.87. The van der Waals surface area contributed by atoms with Crippen LogP contribution in [-0.4, -0.2) is 71.0 Å². The van der Waals surface area contributed by atoms with Crippen molar-refractivity contribution in [2.45, 2.75) is 45.1 Å². The fraction of sp³-hybridized carbons (Fsp3) is 0.522. The molecule has 1 unspecified atom stereocenters. The summed E-state index contributed by atoms with van der Waals surface area (Å²) in [7, 11) is 0. The molecule has 2 saturated heterocycles. The molecule has 0 radical (unpaired) electrons. The lowest BCUT2D eigenvalue weighted by molar-refractivity contribution is -0.138. The summed E-state index contributed by atoms with van der Waals surface area (Å²) in [6.45, 7) is 4.46. The molecule has 170 valence electrons. The molecule has 4 rings (SSSR count). The number of para-hydroxylation sites is 1. The van der Waals surface area contributed by atoms with Crippen molar-refractivity contribution in [3.63, 3.8) is 0 Å². The highest BCUT2D eigenvalue weighted by molar-refractivity contribution is 6.07. The minimum absolute atomic E-state index is 0.00135. The number of Topliss-reactive ketones (excluding diaryl/α,β-unsaturated/α-hetero) is 1. The van der Waals surface area contributed by atoms with Crippen LogP contribution in [0.15, 0.2) is 29.3 Å². The Morgan fingerprint density at radius 2 is 1.91 bits per heavy atom. The molecule has 3 aliphatic heterocycles. The number of carbonyl (C=O) groups is 4. The van der Waals surface area contributed by atoms with Gasteiger partial charge in [0.05, 0.1) is 0 Å². The molecule has 0 saturated carbocycles. The Morgan fingerprint density at radius 3 is 2.59 bits per heavy atom. The van der Waals surface area contributed by atoms with E-state index in [-0.39, 0.29) is 24.1 Å². The molecule has 2 fully saturated rings. The lowest BCUT2D eigenvalue weighted by Gasteiger charge is -2.37. The van der Waals surface area contributed by atoms with E-state index >= 15 is 0 Å². The highest BCUT2D eigenvalue weighted by Gasteiger charge is 2.52. The Bertz CT molecular complexity index is 953. The van der Waals surface area contributed by atoms with E-state index in [2.05, 4.69) is 21.7 Å². The number of aliphatic imine (C=N–C) groups is 1. The number of carbonyl (C=O) groups excluding carboxylic acids is 4. The van der Waals surface area contributed by atoms with E-state index in [1.165, 1.54) is 12.5 Å². The average molecular weight is 440 g/mol. The summed E-state index contributed by atoms with van der Waals surface area (Å²) in [4.78, 5) is 56.9. The van der Waals surface area contributed by atoms with E-state index in [4.69, 9.17) is 0 Å². The molecule has 0 aromatic heterocycles. The van der Waals surface area contributed by atoms with Crippen LogP contribution in [0, 0.1) is 5.92 Å². The van der Waals surface area contributed by atoms with Gasteiger partial charge in [-0.2, -0.15) is 0 Å². The Morgan fingerprint density at radius 1 is 1.19 bits per heavy atom. The van der Waals surface area contributed by atoms with Crippen LogP contribution in [0.2, 0.25) is 0 Å². The summed E-state index contributed by atoms with van der Waals surface area (Å²) >= 11 is 0. The van der Waals surface area contributed by atoms with Crippen molar-refractivity contribution < 1.29 is 19.2 Å². The number of amides is 4. The number of rotatable bonds is 6. The van der Waals surface area contributed by atoms with Gasteiger partial charge in [-0.15, -0.1) is 0 Å². The first-order valence-corrected chi connectivity index (χ1v) is 11.1. The van der Waals surface area contributed by atoms with Crippen LogP contribution in [-0.2, 0) is 20.8 Å². The number of imide groups is 1. The van der Waals surface area contributed by atoms with Crippen LogP contribution in [0.3, 0.4) is 0 Å². The van der Waals surface area contributed by atoms with E-state index in [0.717, 1.165) is 22.8 Å². The standard InChI is InChI=1S/C23H29N5O4/c1-15(16(2)29)14-28-21(31)23(26-22(28)32)8-11-27(12-9-23)20(30)7-10-24-19-13-17-5-3-4-6-18(17)25-19/h3-6,15H,7-14H2,1-2H3,(H,24,25)(H,26,32). The molecular formula is C23H29N5O4. The quantitative estimate of drug-likeness (QED) is 0.654. The maximum atomic E-state index is 12.9. The Kier molecular flexibility index (Phi) is 5.99. The summed E-state index contributed by atoms with van der Waals surface area (Å²) in [5.74, 6) is 0.118. The zero-order valence-electron chi connectivity index (χ0n) is 18.5. The molecule has 9 heteroatoms. The summed E-state index contributed by atoms with van der Waals surface area (Å²) in [5, 5.41) is 6.10. The molecule has 1 spiro atoms. The molecule has 2 N–H and O–H groups in total. The average Bonchev–Trinajstić information content (AvgIpc) is 3.28. The zero-order valence-corrected chi connectivity index (χ0v) is 18.5. The van der Waals surface area contributed by atoms with E-state index in [0.29, 0.717) is 38.9 Å². The number of fused-ring (bicyclic) bond motifs is 1. The van der Waals surface area contributed by atoms with E-state index in [1.54, 1.807) is 11.8 Å². The molecule has 3 heterocycles. The van der Waals surface area contributed by atoms with Crippen LogP contribution in [0.25, 0.3) is 0 Å². The molecule has 1 aromatic carbocycles. The smallest absolute Gasteiger partial charge is 0.325 e. The van der Waals surface area contributed by atoms with Gasteiger partial charge >= 0.3 is 6.03 Å². The molecular weight excluding hydrogens is 410 g/mol. The first-order chi connectivity index (χ1) is 15.3. The molecule has 1 atom stereocenters. The summed E-state index contributed by atoms with van der Waals surface area (Å²) in [6.07, 6.45) is 1.80. The van der Waals surface area contributed by atoms with Crippen molar-refractivity contribution in [1.82, 2.24) is 15.1 Å². The molecule has 3 aliphatic rings. The molecule has 4 amide bonds. The number of likely N-dealkylation sites (tertiary alicyclic amines) is 1. The second-order valence-electron chi connectivity index (χ2n) is 8.86. The number of piperidine rings is 1. The topological polar surface area (TPSA) is 111 Å². The highest BCUT2D eigenvalue weighted by atomic mass is 16.2. The van der Waals surface area contributed by atoms with Gasteiger partial charge in [0.1, 0.15) is 17.2 Å². The Labute approximate surface area is 187 Å². The second-order valence-corrected chi connectivity index (χ2v) is 8.86. The van der Waals surface area contributed by atoms with Crippen molar-refractivity contribution in [2.24, 2.45) is 10.9 Å². The van der Waals surface area contributed by atoms with Gasteiger partial charge in [0, 0.05) is 50.6 Å². The number of hydrogen-bond acceptors (Lipinski definition) is 5. The Hall–Kier alpha value is -3.23. The van der Waals surface area contributed by atoms with Crippen LogP contribution in [0.4, 0.5) is 10.5 Å². The van der Waals surface area contributed by atoms with Gasteiger partial charge in [-0.25, -0.2) is 4.79 Å². The Balaban J connectivity index is 1.27. The maximum Gasteiger partial charge on any atom is 0.325 e. The van der Waals surface area contributed by atoms with Crippen molar-refractivity contribution >= 4 is 35.2 Å². The SMILES string of the molecule is CC(=O)C(C)CN1C(=O)NC2(CCN(C(=O)CCN=C3Cc4ccccc4N3)CC2)C1=O. The van der Waals surface area contributed by atoms with Gasteiger partial charge in [-0.1, -0.05) is 25.1 Å². The third-order valence-electron chi connectivity index (χ3n) is 6.65. The number of anilines is 1. The highest BCUT2D eigenvalue weighted by Crippen LogP contribution is 2.30. The number of nitrogens with one attached hydrogen (secondary N) is 2. The first kappa shape index (κ1) is 22.0. The van der Waals surface area contributed by atoms with Crippen molar-refractivity contribution in [1.29, 1.82) is 0 Å². The maximum absolute atomic E-state index is 12.9. The number of ketones is 1. The third-order valence-corrected chi connectivity index (χ3v) is 6.65. The molecule has 0 bridgehead atoms. The fourth-order valence-corrected chi connectivity index (χ4v) is 4.44. The van der Waals surface area contributed by atoms with Crippen molar-refractivity contribution in [3.05, 3.63) is 29.8 Å². The monoisotopic (exact) mass is 439 g/mol. The van der Waals surface area contributed by atoms with Crippen molar-refractivity contribution in [3.8, 4) is 0 Å². The van der Waals surface area contributed by atoms with Crippen LogP contribution >= 0.6 is 0 Å². The predicted molar refractivity (Wildman–Crippen MR) is 119 cm³/mol. The normalized spacial score (nSPS) is 21.5. The fourth-order valence-electron chi connectivity index (χ4n) is 4.44. The van der Waals surface area contributed by atoms with Gasteiger partial charge in [-0.05, 0) is 31.4 Å². The number of amidine groups is 1. The van der Waals surface area contributed by atoms with E-state index < -0.39 is 17.5 Å². The number of urea groups is 1. The predicted octanol–water partition coefficient (Wildman–Crippen LogP) is 1.58. The molecule has 32 heavy (non-hydrogen) atoms. The number of hydrogen-bond donors (Lipinski definition) is 2. The van der Waals surface area contributed by atoms with Crippen LogP contribution in [0.1, 0.15) is 38.7 Å². The lowest BCUT2D eigenvalue weighted by Crippen LogP contribution is -2.56. The first-order valence-electron chi connectivity index (χ1n) is 11.1. The largest absolute Gasteiger partial charge is 0.344 e. The van der Waals surface area contributed by atoms with Crippen LogP contribution in [0.5, 0.6) is 0 Å². The zero-order chi connectivity index (χ0) is 22.9. The molecule has 9 nitrogen and oxygen atoms in total.